The summed E-state index contributed by atoms with van der Waals surface area (Å²) in [6.45, 7) is 15.5. The Morgan fingerprint density at radius 2 is 0.627 bits per heavy atom. The highest BCUT2D eigenvalue weighted by Gasteiger charge is 2.43. The number of benzene rings is 10. The maximum Gasteiger partial charge on any atom is 0.266 e. The summed E-state index contributed by atoms with van der Waals surface area (Å²) < 4.78 is 3.77. The van der Waals surface area contributed by atoms with Gasteiger partial charge in [0.2, 0.25) is 0 Å². The lowest BCUT2D eigenvalue weighted by Gasteiger charge is -2.23. The standard InChI is InChI=1S/C92H62N8O18/c1-39-14-20-52(29-41(39)3)95-84(110)63-35-65-66(36-64(63)85(95)111)87(113)97(86(65)112)71-34-53(21-15-40(71)2)96-81(107)57-24-18-50(32-61(57)83(96)109)76(102)49-17-23-56-60(31-49)80(106)94(79(56)105)26-12-11-13-54-42(4)27-43(5)72(46(54)8)98-89(115)67-37-69-70(38-68(67)90(98)116)92(118)100(91(69)117)74-45(7)28-44(6)73(47(74)9)99-82(108)58-25-19-51(33-62(58)88(99)114)75(101)48-16-22-55-59(30-48)78(104)93(10)77(55)103/h14-25,27-38H,11-13,26H2,1-10H3. The molecule has 26 nitrogen and oxygen atoms in total. The average Bonchev–Trinajstić information content (AvgIpc) is 1.57. The first kappa shape index (κ1) is 74.1. The number of hydrogen-bond donors (Lipinski definition) is 0. The van der Waals surface area contributed by atoms with Gasteiger partial charge in [-0.25, -0.2) is 28.1 Å². The SMILES string of the molecule is Cc1ccc(-n2c(=O)c3cc4c(=O)n(-c5cc(N6C(=O)c7ccc(C(=O)c8ccc9c(c8)C(=O)N(CCCCc8c(C)cc(C)c(-n%10c(=O)c%11cc%12c(=O)n(-c%13c(C)cc(C)c(N%14C(=O)c%15ccc(C(=O)c%16ccc%17c(c%16)C(=O)N(C)C%17=O)cc%15C%14=O)c%13C)c(=O)c%12cc%11c%10=O)c8C)C9=O)cc7C6=O)ccc5C)c(=O)c4cc3c2=O)cc1C. The molecule has 8 amide bonds. The van der Waals surface area contributed by atoms with Crippen molar-refractivity contribution < 1.29 is 47.9 Å². The number of carbonyl (C=O) groups is 10. The molecule has 26 heteroatoms. The van der Waals surface area contributed by atoms with Crippen molar-refractivity contribution in [3.8, 4) is 22.7 Å². The van der Waals surface area contributed by atoms with Crippen LogP contribution in [0.25, 0.3) is 65.8 Å². The van der Waals surface area contributed by atoms with Crippen LogP contribution in [0, 0.1) is 62.3 Å². The van der Waals surface area contributed by atoms with Gasteiger partial charge in [-0.1, -0.05) is 48.5 Å². The van der Waals surface area contributed by atoms with E-state index in [1.165, 1.54) is 122 Å². The molecule has 18 rings (SSSR count). The van der Waals surface area contributed by atoms with E-state index in [9.17, 15) is 86.3 Å². The molecular weight excluding hydrogens is 1510 g/mol. The van der Waals surface area contributed by atoms with Crippen LogP contribution in [0.3, 0.4) is 0 Å². The van der Waals surface area contributed by atoms with Crippen LogP contribution >= 0.6 is 0 Å². The Kier molecular flexibility index (Phi) is 16.4. The smallest absolute Gasteiger partial charge is 0.266 e. The maximum atomic E-state index is 14.8. The molecule has 0 bridgehead atoms. The predicted molar refractivity (Wildman–Crippen MR) is 437 cm³/mol. The van der Waals surface area contributed by atoms with Crippen molar-refractivity contribution in [1.82, 2.24) is 28.1 Å². The van der Waals surface area contributed by atoms with Crippen molar-refractivity contribution in [3.05, 3.63) is 351 Å². The van der Waals surface area contributed by atoms with Gasteiger partial charge in [0.05, 0.1) is 122 Å². The van der Waals surface area contributed by atoms with E-state index in [0.29, 0.717) is 52.8 Å². The minimum absolute atomic E-state index is 0.00149. The van der Waals surface area contributed by atoms with E-state index < -0.39 is 103 Å². The second kappa shape index (κ2) is 26.1. The Balaban J connectivity index is 0.555. The molecular formula is C92H62N8O18. The van der Waals surface area contributed by atoms with Crippen molar-refractivity contribution in [2.75, 3.05) is 23.4 Å². The molecule has 0 radical (unpaired) electrons. The molecule has 0 fully saturated rings. The van der Waals surface area contributed by atoms with Gasteiger partial charge in [-0.3, -0.25) is 96.1 Å². The number of rotatable bonds is 15. The Morgan fingerprint density at radius 3 is 1.11 bits per heavy atom. The number of carbonyl (C=O) groups excluding carboxylic acids is 10. The summed E-state index contributed by atoms with van der Waals surface area (Å²) in [5.74, 6) is -6.72. The van der Waals surface area contributed by atoms with Crippen molar-refractivity contribution in [3.63, 3.8) is 0 Å². The van der Waals surface area contributed by atoms with Crippen LogP contribution in [0.2, 0.25) is 0 Å². The van der Waals surface area contributed by atoms with Gasteiger partial charge in [0.25, 0.3) is 91.7 Å². The monoisotopic (exact) mass is 1570 g/mol. The molecule has 0 saturated heterocycles. The van der Waals surface area contributed by atoms with Crippen molar-refractivity contribution in [2.45, 2.75) is 81.6 Å². The van der Waals surface area contributed by atoms with Crippen molar-refractivity contribution >= 4 is 113 Å². The molecule has 0 spiro atoms. The van der Waals surface area contributed by atoms with Crippen LogP contribution < -0.4 is 54.3 Å². The van der Waals surface area contributed by atoms with Gasteiger partial charge in [-0.15, -0.1) is 0 Å². The van der Waals surface area contributed by atoms with Gasteiger partial charge < -0.3 is 0 Å². The van der Waals surface area contributed by atoms with Crippen LogP contribution in [0.4, 0.5) is 11.4 Å². The largest absolute Gasteiger partial charge is 0.289 e. The van der Waals surface area contributed by atoms with E-state index in [4.69, 9.17) is 0 Å². The molecule has 0 saturated carbocycles. The Labute approximate surface area is 664 Å². The normalized spacial score (nSPS) is 13.9. The zero-order valence-electron chi connectivity index (χ0n) is 64.6. The third-order valence-corrected chi connectivity index (χ3v) is 23.8. The molecule has 0 aliphatic carbocycles. The molecule has 578 valence electrons. The van der Waals surface area contributed by atoms with E-state index >= 15 is 0 Å². The fourth-order valence-electron chi connectivity index (χ4n) is 17.7. The first-order valence-electron chi connectivity index (χ1n) is 37.6. The molecule has 0 unspecified atom stereocenters. The van der Waals surface area contributed by atoms with Crippen LogP contribution in [0.5, 0.6) is 0 Å². The molecule has 4 aromatic heterocycles. The molecule has 118 heavy (non-hydrogen) atoms. The number of imide groups is 4. The Morgan fingerprint density at radius 1 is 0.271 bits per heavy atom. The lowest BCUT2D eigenvalue weighted by molar-refractivity contribution is 0.0645. The maximum absolute atomic E-state index is 14.8. The first-order chi connectivity index (χ1) is 56.2. The number of amides is 8. The molecule has 4 aliphatic heterocycles. The van der Waals surface area contributed by atoms with E-state index in [1.54, 1.807) is 65.8 Å². The second-order valence-electron chi connectivity index (χ2n) is 30.7. The summed E-state index contributed by atoms with van der Waals surface area (Å²) in [7, 11) is 1.33. The number of hydrogen-bond acceptors (Lipinski definition) is 18. The third-order valence-electron chi connectivity index (χ3n) is 23.8. The van der Waals surface area contributed by atoms with Gasteiger partial charge in [-0.05, 0) is 234 Å². The van der Waals surface area contributed by atoms with Crippen LogP contribution in [-0.2, 0) is 6.42 Å². The molecule has 14 aromatic rings. The van der Waals surface area contributed by atoms with E-state index in [2.05, 4.69) is 0 Å². The van der Waals surface area contributed by atoms with Crippen molar-refractivity contribution in [1.29, 1.82) is 0 Å². The topological polar surface area (TPSA) is 340 Å². The first-order valence-corrected chi connectivity index (χ1v) is 37.6. The summed E-state index contributed by atoms with van der Waals surface area (Å²) in [5.41, 5.74) is 0.469. The van der Waals surface area contributed by atoms with Gasteiger partial charge in [0.15, 0.2) is 11.6 Å². The summed E-state index contributed by atoms with van der Waals surface area (Å²) in [5, 5.41) is -0.990. The van der Waals surface area contributed by atoms with Gasteiger partial charge in [0.1, 0.15) is 0 Å². The lowest BCUT2D eigenvalue weighted by atomic mass is 9.93. The number of anilines is 2. The van der Waals surface area contributed by atoms with E-state index in [1.807, 2.05) is 26.8 Å². The van der Waals surface area contributed by atoms with Gasteiger partial charge >= 0.3 is 0 Å². The fraction of sp³-hybridized carbons (Fsp3) is 0.152. The molecule has 4 aliphatic rings. The van der Waals surface area contributed by atoms with Gasteiger partial charge in [-0.2, -0.15) is 0 Å². The summed E-state index contributed by atoms with van der Waals surface area (Å²) in [4.78, 5) is 258. The van der Waals surface area contributed by atoms with Crippen LogP contribution in [-0.4, -0.2) is 100 Å². The molecule has 0 N–H and O–H groups in total. The van der Waals surface area contributed by atoms with Crippen LogP contribution in [0.15, 0.2) is 184 Å². The predicted octanol–water partition coefficient (Wildman–Crippen LogP) is 9.78. The minimum Gasteiger partial charge on any atom is -0.289 e. The zero-order chi connectivity index (χ0) is 83.6. The van der Waals surface area contributed by atoms with Crippen molar-refractivity contribution in [2.24, 2.45) is 0 Å². The molecule has 10 aromatic carbocycles. The Hall–Kier alpha value is -15.3. The summed E-state index contributed by atoms with van der Waals surface area (Å²) in [6.07, 6.45) is 1.07. The number of unbranched alkanes of at least 4 members (excludes halogenated alkanes) is 1. The minimum atomic E-state index is -0.842. The Bertz CT molecular complexity index is 7620. The number of nitrogens with zero attached hydrogens (tertiary/aromatic N) is 8. The van der Waals surface area contributed by atoms with Gasteiger partial charge in [0, 0.05) is 35.8 Å². The number of aromatic nitrogens is 4. The summed E-state index contributed by atoms with van der Waals surface area (Å²) in [6, 6.07) is 33.8. The third kappa shape index (κ3) is 10.4. The summed E-state index contributed by atoms with van der Waals surface area (Å²) >= 11 is 0. The van der Waals surface area contributed by atoms with Crippen LogP contribution in [0.1, 0.15) is 183 Å². The van der Waals surface area contributed by atoms with E-state index in [0.717, 1.165) is 60.1 Å². The zero-order valence-corrected chi connectivity index (χ0v) is 64.6. The molecule has 0 atom stereocenters. The highest BCUT2D eigenvalue weighted by Crippen LogP contribution is 2.40. The molecule has 8 heterocycles. The average molecular weight is 1570 g/mol. The highest BCUT2D eigenvalue weighted by atomic mass is 16.2. The lowest BCUT2D eigenvalue weighted by Crippen LogP contribution is -2.32. The van der Waals surface area contributed by atoms with E-state index in [-0.39, 0.29) is 150 Å². The highest BCUT2D eigenvalue weighted by molar-refractivity contribution is 6.36. The quantitative estimate of drug-likeness (QED) is 0.0523. The number of aryl methyl sites for hydroxylation is 7. The fourth-order valence-corrected chi connectivity index (χ4v) is 17.7. The second-order valence-corrected chi connectivity index (χ2v) is 30.7. The number of ketones is 2. The number of fused-ring (bicyclic) bond motifs is 8.